The molecule has 1 amide bonds. The topological polar surface area (TPSA) is 35.6 Å². The molecule has 0 aromatic heterocycles. The van der Waals surface area contributed by atoms with Crippen molar-refractivity contribution in [2.75, 3.05) is 45.8 Å². The third kappa shape index (κ3) is 3.18. The molecule has 2 heterocycles. The van der Waals surface area contributed by atoms with Gasteiger partial charge in [-0.2, -0.15) is 0 Å². The third-order valence-corrected chi connectivity index (χ3v) is 3.52. The Morgan fingerprint density at radius 2 is 1.80 bits per heavy atom. The molecule has 0 unspecified atom stereocenters. The molecule has 0 radical (unpaired) electrons. The highest BCUT2D eigenvalue weighted by molar-refractivity contribution is 5.47. The lowest BCUT2D eigenvalue weighted by Crippen LogP contribution is -2.46. The van der Waals surface area contributed by atoms with Gasteiger partial charge in [-0.3, -0.25) is 4.79 Å². The van der Waals surface area contributed by atoms with Gasteiger partial charge in [0.15, 0.2) is 0 Å². The molecule has 1 N–H and O–H groups in total. The number of likely N-dealkylation sites (tertiary alicyclic amines) is 1. The summed E-state index contributed by atoms with van der Waals surface area (Å²) in [6.45, 7) is 7.79. The highest BCUT2D eigenvalue weighted by atomic mass is 16.1. The Labute approximate surface area is 91.6 Å². The van der Waals surface area contributed by atoms with Crippen molar-refractivity contribution in [1.29, 1.82) is 0 Å². The summed E-state index contributed by atoms with van der Waals surface area (Å²) < 4.78 is 0. The lowest BCUT2D eigenvalue weighted by atomic mass is 9.96. The number of hydrogen-bond acceptors (Lipinski definition) is 3. The van der Waals surface area contributed by atoms with Crippen LogP contribution >= 0.6 is 0 Å². The summed E-state index contributed by atoms with van der Waals surface area (Å²) in [5, 5.41) is 3.37. The number of piperidine rings is 1. The number of rotatable bonds is 3. The number of carbonyl (C=O) groups is 1. The summed E-state index contributed by atoms with van der Waals surface area (Å²) in [4.78, 5) is 15.0. The van der Waals surface area contributed by atoms with Crippen LogP contribution in [-0.2, 0) is 4.79 Å². The molecule has 0 aliphatic carbocycles. The van der Waals surface area contributed by atoms with Gasteiger partial charge >= 0.3 is 0 Å². The van der Waals surface area contributed by atoms with Crippen LogP contribution in [0.2, 0.25) is 0 Å². The molecular weight excluding hydrogens is 190 g/mol. The van der Waals surface area contributed by atoms with Crippen LogP contribution in [0.1, 0.15) is 12.8 Å². The van der Waals surface area contributed by atoms with Gasteiger partial charge in [-0.25, -0.2) is 0 Å². The summed E-state index contributed by atoms with van der Waals surface area (Å²) in [6.07, 6.45) is 3.35. The molecule has 0 aromatic carbocycles. The van der Waals surface area contributed by atoms with Crippen molar-refractivity contribution in [2.24, 2.45) is 5.92 Å². The van der Waals surface area contributed by atoms with Gasteiger partial charge in [-0.1, -0.05) is 0 Å². The standard InChI is InChI=1S/C11H21N3O/c15-10-14-5-1-11(2-6-14)9-13-7-3-12-4-8-13/h10-12H,1-9H2. The molecule has 86 valence electrons. The van der Waals surface area contributed by atoms with E-state index in [-0.39, 0.29) is 0 Å². The van der Waals surface area contributed by atoms with E-state index >= 15 is 0 Å². The van der Waals surface area contributed by atoms with Crippen molar-refractivity contribution in [3.05, 3.63) is 0 Å². The Kier molecular flexibility index (Phi) is 3.97. The normalized spacial score (nSPS) is 25.5. The van der Waals surface area contributed by atoms with Crippen LogP contribution in [0.4, 0.5) is 0 Å². The minimum atomic E-state index is 0.805. The molecule has 2 rings (SSSR count). The molecule has 4 nitrogen and oxygen atoms in total. The van der Waals surface area contributed by atoms with E-state index in [0.717, 1.165) is 38.5 Å². The molecule has 0 atom stereocenters. The number of amides is 1. The molecule has 15 heavy (non-hydrogen) atoms. The van der Waals surface area contributed by atoms with Crippen LogP contribution in [0.25, 0.3) is 0 Å². The first-order chi connectivity index (χ1) is 7.38. The summed E-state index contributed by atoms with van der Waals surface area (Å²) in [5.74, 6) is 0.805. The van der Waals surface area contributed by atoms with Gasteiger partial charge in [-0.15, -0.1) is 0 Å². The fourth-order valence-electron chi connectivity index (χ4n) is 2.50. The lowest BCUT2D eigenvalue weighted by molar-refractivity contribution is -0.119. The zero-order chi connectivity index (χ0) is 10.5. The number of nitrogens with zero attached hydrogens (tertiary/aromatic N) is 2. The van der Waals surface area contributed by atoms with Crippen molar-refractivity contribution in [2.45, 2.75) is 12.8 Å². The van der Waals surface area contributed by atoms with E-state index in [0.29, 0.717) is 0 Å². The Bertz CT molecular complexity index is 196. The largest absolute Gasteiger partial charge is 0.345 e. The molecule has 4 heteroatoms. The maximum Gasteiger partial charge on any atom is 0.209 e. The Morgan fingerprint density at radius 1 is 1.13 bits per heavy atom. The van der Waals surface area contributed by atoms with Crippen LogP contribution in [0.3, 0.4) is 0 Å². The average molecular weight is 211 g/mol. The molecular formula is C11H21N3O. The van der Waals surface area contributed by atoms with Gasteiger partial charge in [0.25, 0.3) is 0 Å². The maximum atomic E-state index is 10.6. The number of nitrogens with one attached hydrogen (secondary N) is 1. The van der Waals surface area contributed by atoms with Crippen LogP contribution in [0.5, 0.6) is 0 Å². The fourth-order valence-corrected chi connectivity index (χ4v) is 2.50. The second-order valence-electron chi connectivity index (χ2n) is 4.64. The van der Waals surface area contributed by atoms with E-state index in [9.17, 15) is 4.79 Å². The maximum absolute atomic E-state index is 10.6. The van der Waals surface area contributed by atoms with E-state index in [2.05, 4.69) is 10.2 Å². The van der Waals surface area contributed by atoms with Gasteiger partial charge in [0.2, 0.25) is 6.41 Å². The Morgan fingerprint density at radius 3 is 2.40 bits per heavy atom. The summed E-state index contributed by atoms with van der Waals surface area (Å²) in [7, 11) is 0. The molecule has 2 saturated heterocycles. The first-order valence-electron chi connectivity index (χ1n) is 6.01. The smallest absolute Gasteiger partial charge is 0.209 e. The third-order valence-electron chi connectivity index (χ3n) is 3.52. The van der Waals surface area contributed by atoms with Crippen LogP contribution in [0, 0.1) is 5.92 Å². The molecule has 0 aromatic rings. The van der Waals surface area contributed by atoms with Gasteiger partial charge < -0.3 is 15.1 Å². The minimum absolute atomic E-state index is 0.805. The monoisotopic (exact) mass is 211 g/mol. The fraction of sp³-hybridized carbons (Fsp3) is 0.909. The first kappa shape index (κ1) is 10.9. The van der Waals surface area contributed by atoms with Gasteiger partial charge in [0, 0.05) is 45.8 Å². The Hall–Kier alpha value is -0.610. The second kappa shape index (κ2) is 5.47. The molecule has 2 aliphatic heterocycles. The van der Waals surface area contributed by atoms with E-state index in [4.69, 9.17) is 0 Å². The quantitative estimate of drug-likeness (QED) is 0.655. The van der Waals surface area contributed by atoms with E-state index in [1.165, 1.54) is 32.5 Å². The SMILES string of the molecule is O=CN1CCC(CN2CCNCC2)CC1. The van der Waals surface area contributed by atoms with Gasteiger partial charge in [0.05, 0.1) is 0 Å². The molecule has 0 bridgehead atoms. The summed E-state index contributed by atoms with van der Waals surface area (Å²) in [6, 6.07) is 0. The van der Waals surface area contributed by atoms with Crippen LogP contribution < -0.4 is 5.32 Å². The van der Waals surface area contributed by atoms with Crippen molar-refractivity contribution in [3.8, 4) is 0 Å². The summed E-state index contributed by atoms with van der Waals surface area (Å²) in [5.41, 5.74) is 0. The van der Waals surface area contributed by atoms with Crippen molar-refractivity contribution in [1.82, 2.24) is 15.1 Å². The molecule has 2 aliphatic rings. The van der Waals surface area contributed by atoms with Gasteiger partial charge in [-0.05, 0) is 18.8 Å². The van der Waals surface area contributed by atoms with E-state index in [1.54, 1.807) is 0 Å². The van der Waals surface area contributed by atoms with E-state index < -0.39 is 0 Å². The average Bonchev–Trinajstić information content (AvgIpc) is 2.31. The van der Waals surface area contributed by atoms with Crippen LogP contribution in [0.15, 0.2) is 0 Å². The highest BCUT2D eigenvalue weighted by Gasteiger charge is 2.21. The molecule has 0 saturated carbocycles. The second-order valence-corrected chi connectivity index (χ2v) is 4.64. The summed E-state index contributed by atoms with van der Waals surface area (Å²) >= 11 is 0. The highest BCUT2D eigenvalue weighted by Crippen LogP contribution is 2.17. The zero-order valence-electron chi connectivity index (χ0n) is 9.32. The predicted molar refractivity (Wildman–Crippen MR) is 59.7 cm³/mol. The van der Waals surface area contributed by atoms with Gasteiger partial charge in [0.1, 0.15) is 0 Å². The molecule has 0 spiro atoms. The van der Waals surface area contributed by atoms with Crippen molar-refractivity contribution >= 4 is 6.41 Å². The number of hydrogen-bond donors (Lipinski definition) is 1. The predicted octanol–water partition coefficient (Wildman–Crippen LogP) is -0.240. The van der Waals surface area contributed by atoms with Crippen molar-refractivity contribution < 1.29 is 4.79 Å². The zero-order valence-corrected chi connectivity index (χ0v) is 9.32. The van der Waals surface area contributed by atoms with Crippen LogP contribution in [-0.4, -0.2) is 62.0 Å². The minimum Gasteiger partial charge on any atom is -0.345 e. The number of piperazine rings is 1. The lowest BCUT2D eigenvalue weighted by Gasteiger charge is -2.34. The molecule has 2 fully saturated rings. The van der Waals surface area contributed by atoms with Crippen molar-refractivity contribution in [3.63, 3.8) is 0 Å². The van der Waals surface area contributed by atoms with E-state index in [1.807, 2.05) is 4.90 Å². The number of carbonyl (C=O) groups excluding carboxylic acids is 1. The Balaban J connectivity index is 1.69. The first-order valence-corrected chi connectivity index (χ1v) is 6.01.